The van der Waals surface area contributed by atoms with Gasteiger partial charge in [0.1, 0.15) is 11.6 Å². The molecule has 0 aliphatic rings. The summed E-state index contributed by atoms with van der Waals surface area (Å²) < 4.78 is 7.46. The number of rotatable bonds is 4. The first-order valence-corrected chi connectivity index (χ1v) is 6.25. The van der Waals surface area contributed by atoms with Crippen LogP contribution in [0.15, 0.2) is 12.1 Å². The third kappa shape index (κ3) is 3.01. The van der Waals surface area contributed by atoms with Gasteiger partial charge in [-0.2, -0.15) is 10.1 Å². The molecule has 0 atom stereocenters. The molecular formula is C13H19N5O. The molecule has 2 heterocycles. The average Bonchev–Trinajstić information content (AvgIpc) is 2.67. The molecule has 0 fully saturated rings. The highest BCUT2D eigenvalue weighted by Gasteiger charge is 2.11. The molecule has 0 radical (unpaired) electrons. The predicted octanol–water partition coefficient (Wildman–Crippen LogP) is 2.48. The van der Waals surface area contributed by atoms with E-state index < -0.39 is 0 Å². The van der Waals surface area contributed by atoms with Crippen LogP contribution in [-0.4, -0.2) is 26.8 Å². The minimum Gasteiger partial charge on any atom is -0.421 e. The second kappa shape index (κ2) is 5.26. The van der Waals surface area contributed by atoms with Crippen molar-refractivity contribution in [1.82, 2.24) is 19.7 Å². The molecule has 19 heavy (non-hydrogen) atoms. The average molecular weight is 261 g/mol. The van der Waals surface area contributed by atoms with Gasteiger partial charge in [-0.05, 0) is 6.92 Å². The van der Waals surface area contributed by atoms with E-state index in [2.05, 4.69) is 20.4 Å². The molecule has 0 unspecified atom stereocenters. The Morgan fingerprint density at radius 3 is 2.53 bits per heavy atom. The Balaban J connectivity index is 2.34. The normalized spacial score (nSPS) is 10.8. The van der Waals surface area contributed by atoms with Crippen LogP contribution in [0.25, 0.3) is 0 Å². The molecule has 0 saturated carbocycles. The molecule has 0 aliphatic heterocycles. The highest BCUT2D eigenvalue weighted by Crippen LogP contribution is 2.23. The van der Waals surface area contributed by atoms with Gasteiger partial charge in [-0.25, -0.2) is 9.67 Å². The van der Waals surface area contributed by atoms with Crippen LogP contribution in [0.2, 0.25) is 0 Å². The van der Waals surface area contributed by atoms with Crippen molar-refractivity contribution in [2.75, 3.05) is 12.4 Å². The highest BCUT2D eigenvalue weighted by molar-refractivity contribution is 5.39. The van der Waals surface area contributed by atoms with Crippen LogP contribution in [-0.2, 0) is 7.05 Å². The molecule has 2 aromatic rings. The van der Waals surface area contributed by atoms with Crippen molar-refractivity contribution < 1.29 is 4.74 Å². The van der Waals surface area contributed by atoms with Crippen molar-refractivity contribution in [2.45, 2.75) is 26.7 Å². The summed E-state index contributed by atoms with van der Waals surface area (Å²) in [5.41, 5.74) is 0.907. The van der Waals surface area contributed by atoms with Gasteiger partial charge in [0.2, 0.25) is 11.8 Å². The summed E-state index contributed by atoms with van der Waals surface area (Å²) >= 11 is 0. The molecule has 0 saturated heterocycles. The summed E-state index contributed by atoms with van der Waals surface area (Å²) in [5.74, 6) is 2.91. The SMILES string of the molecule is CNc1cc(Oc2cc(C)nn2C)nc(C(C)C)n1. The molecule has 0 spiro atoms. The minimum absolute atomic E-state index is 0.240. The van der Waals surface area contributed by atoms with Crippen LogP contribution in [0.3, 0.4) is 0 Å². The molecule has 6 nitrogen and oxygen atoms in total. The van der Waals surface area contributed by atoms with E-state index in [0.717, 1.165) is 17.3 Å². The van der Waals surface area contributed by atoms with Gasteiger partial charge in [-0.3, -0.25) is 0 Å². The zero-order chi connectivity index (χ0) is 14.0. The van der Waals surface area contributed by atoms with Crippen molar-refractivity contribution in [2.24, 2.45) is 7.05 Å². The van der Waals surface area contributed by atoms with Crippen LogP contribution >= 0.6 is 0 Å². The van der Waals surface area contributed by atoms with Gasteiger partial charge in [-0.15, -0.1) is 0 Å². The van der Waals surface area contributed by atoms with E-state index in [1.807, 2.05) is 40.9 Å². The topological polar surface area (TPSA) is 64.9 Å². The second-order valence-corrected chi connectivity index (χ2v) is 4.70. The summed E-state index contributed by atoms with van der Waals surface area (Å²) in [7, 11) is 3.66. The number of hydrogen-bond donors (Lipinski definition) is 1. The van der Waals surface area contributed by atoms with E-state index in [9.17, 15) is 0 Å². The first-order valence-electron chi connectivity index (χ1n) is 6.25. The fourth-order valence-corrected chi connectivity index (χ4v) is 1.67. The van der Waals surface area contributed by atoms with Crippen molar-refractivity contribution in [3.8, 4) is 11.8 Å². The van der Waals surface area contributed by atoms with E-state index in [0.29, 0.717) is 11.8 Å². The fraction of sp³-hybridized carbons (Fsp3) is 0.462. The van der Waals surface area contributed by atoms with Crippen LogP contribution in [0.4, 0.5) is 5.82 Å². The molecule has 0 bridgehead atoms. The van der Waals surface area contributed by atoms with Crippen LogP contribution < -0.4 is 10.1 Å². The summed E-state index contributed by atoms with van der Waals surface area (Å²) in [4.78, 5) is 8.81. The molecule has 0 aromatic carbocycles. The van der Waals surface area contributed by atoms with Crippen LogP contribution in [0, 0.1) is 6.92 Å². The Morgan fingerprint density at radius 2 is 2.00 bits per heavy atom. The van der Waals surface area contributed by atoms with E-state index in [1.165, 1.54) is 0 Å². The molecule has 6 heteroatoms. The van der Waals surface area contributed by atoms with E-state index in [4.69, 9.17) is 4.74 Å². The monoisotopic (exact) mass is 261 g/mol. The Bertz CT molecular complexity index is 576. The smallest absolute Gasteiger partial charge is 0.226 e. The Morgan fingerprint density at radius 1 is 1.26 bits per heavy atom. The number of hydrogen-bond acceptors (Lipinski definition) is 5. The number of aryl methyl sites for hydroxylation is 2. The van der Waals surface area contributed by atoms with E-state index in [1.54, 1.807) is 10.7 Å². The number of nitrogens with zero attached hydrogens (tertiary/aromatic N) is 4. The first kappa shape index (κ1) is 13.3. The molecule has 1 N–H and O–H groups in total. The zero-order valence-electron chi connectivity index (χ0n) is 11.9. The number of anilines is 1. The van der Waals surface area contributed by atoms with E-state index in [-0.39, 0.29) is 5.92 Å². The summed E-state index contributed by atoms with van der Waals surface area (Å²) in [6, 6.07) is 3.64. The molecule has 2 rings (SSSR count). The lowest BCUT2D eigenvalue weighted by atomic mass is 10.2. The number of ether oxygens (including phenoxy) is 1. The lowest BCUT2D eigenvalue weighted by Crippen LogP contribution is -2.04. The fourth-order valence-electron chi connectivity index (χ4n) is 1.67. The summed E-state index contributed by atoms with van der Waals surface area (Å²) in [6.45, 7) is 6.02. The Labute approximate surface area is 112 Å². The largest absolute Gasteiger partial charge is 0.421 e. The minimum atomic E-state index is 0.240. The van der Waals surface area contributed by atoms with Crippen molar-refractivity contribution in [1.29, 1.82) is 0 Å². The summed E-state index contributed by atoms with van der Waals surface area (Å²) in [5, 5.41) is 7.25. The summed E-state index contributed by atoms with van der Waals surface area (Å²) in [6.07, 6.45) is 0. The highest BCUT2D eigenvalue weighted by atomic mass is 16.5. The van der Waals surface area contributed by atoms with Gasteiger partial charge in [-0.1, -0.05) is 13.8 Å². The third-order valence-electron chi connectivity index (χ3n) is 2.66. The second-order valence-electron chi connectivity index (χ2n) is 4.70. The number of aromatic nitrogens is 4. The molecular weight excluding hydrogens is 242 g/mol. The molecule has 102 valence electrons. The maximum absolute atomic E-state index is 5.77. The maximum atomic E-state index is 5.77. The Hall–Kier alpha value is -2.11. The van der Waals surface area contributed by atoms with Gasteiger partial charge in [0.05, 0.1) is 5.69 Å². The van der Waals surface area contributed by atoms with Gasteiger partial charge in [0, 0.05) is 32.1 Å². The van der Waals surface area contributed by atoms with Crippen molar-refractivity contribution in [3.63, 3.8) is 0 Å². The first-order chi connectivity index (χ1) is 8.99. The predicted molar refractivity (Wildman–Crippen MR) is 73.7 cm³/mol. The van der Waals surface area contributed by atoms with Crippen molar-refractivity contribution >= 4 is 5.82 Å². The van der Waals surface area contributed by atoms with Crippen molar-refractivity contribution in [3.05, 3.63) is 23.7 Å². The standard InChI is InChI=1S/C13H19N5O/c1-8(2)13-15-10(14-4)7-11(16-13)19-12-6-9(3)17-18(12)5/h6-8H,1-5H3,(H,14,15,16). The molecule has 0 aliphatic carbocycles. The molecule has 2 aromatic heterocycles. The maximum Gasteiger partial charge on any atom is 0.226 e. The molecule has 0 amide bonds. The lowest BCUT2D eigenvalue weighted by Gasteiger charge is -2.10. The van der Waals surface area contributed by atoms with Crippen LogP contribution in [0.5, 0.6) is 11.8 Å². The van der Waals surface area contributed by atoms with E-state index >= 15 is 0 Å². The Kier molecular flexibility index (Phi) is 3.69. The zero-order valence-corrected chi connectivity index (χ0v) is 11.9. The van der Waals surface area contributed by atoms with Gasteiger partial charge in [0.15, 0.2) is 0 Å². The lowest BCUT2D eigenvalue weighted by molar-refractivity contribution is 0.412. The van der Waals surface area contributed by atoms with Gasteiger partial charge in [0.25, 0.3) is 0 Å². The van der Waals surface area contributed by atoms with Gasteiger partial charge < -0.3 is 10.1 Å². The third-order valence-corrected chi connectivity index (χ3v) is 2.66. The van der Waals surface area contributed by atoms with Gasteiger partial charge >= 0.3 is 0 Å². The number of nitrogens with one attached hydrogen (secondary N) is 1. The van der Waals surface area contributed by atoms with Crippen LogP contribution in [0.1, 0.15) is 31.3 Å². The quantitative estimate of drug-likeness (QED) is 0.916.